The minimum absolute atomic E-state index is 0.757. The number of nitrogens with zero attached hydrogens (tertiary/aromatic N) is 2. The lowest BCUT2D eigenvalue weighted by Gasteiger charge is -2.11. The lowest BCUT2D eigenvalue weighted by atomic mass is 10.1. The largest absolute Gasteiger partial charge is 0.343 e. The molecule has 0 saturated heterocycles. The van der Waals surface area contributed by atoms with E-state index in [1.165, 1.54) is 11.1 Å². The van der Waals surface area contributed by atoms with Gasteiger partial charge < -0.3 is 10.3 Å². The molecule has 4 heteroatoms. The van der Waals surface area contributed by atoms with Crippen LogP contribution in [0.4, 0.5) is 11.5 Å². The quantitative estimate of drug-likeness (QED) is 0.738. The Morgan fingerprint density at radius 2 is 1.85 bits per heavy atom. The highest BCUT2D eigenvalue weighted by molar-refractivity contribution is 5.90. The van der Waals surface area contributed by atoms with E-state index in [1.54, 1.807) is 0 Å². The van der Waals surface area contributed by atoms with Crippen LogP contribution in [-0.2, 0) is 0 Å². The SMILES string of the molecule is Cc1nc(Nc2cccc(C)c2C)c2cc(C)[nH]c2n1. The number of H-pyrrole nitrogens is 1. The molecule has 3 aromatic rings. The van der Waals surface area contributed by atoms with Crippen LogP contribution in [0.5, 0.6) is 0 Å². The van der Waals surface area contributed by atoms with Crippen molar-refractivity contribution in [1.29, 1.82) is 0 Å². The molecule has 102 valence electrons. The van der Waals surface area contributed by atoms with E-state index in [9.17, 15) is 0 Å². The Balaban J connectivity index is 2.12. The van der Waals surface area contributed by atoms with Gasteiger partial charge in [0.25, 0.3) is 0 Å². The fraction of sp³-hybridized carbons (Fsp3) is 0.250. The Bertz CT molecular complexity index is 787. The Hall–Kier alpha value is -2.36. The molecule has 2 aromatic heterocycles. The molecule has 2 N–H and O–H groups in total. The predicted octanol–water partition coefficient (Wildman–Crippen LogP) is 3.94. The lowest BCUT2D eigenvalue weighted by Crippen LogP contribution is -2.00. The molecular weight excluding hydrogens is 248 g/mol. The first kappa shape index (κ1) is 12.7. The van der Waals surface area contributed by atoms with Crippen LogP contribution < -0.4 is 5.32 Å². The number of nitrogens with one attached hydrogen (secondary N) is 2. The van der Waals surface area contributed by atoms with E-state index in [4.69, 9.17) is 0 Å². The Kier molecular flexibility index (Phi) is 2.93. The van der Waals surface area contributed by atoms with E-state index in [1.807, 2.05) is 13.8 Å². The van der Waals surface area contributed by atoms with Gasteiger partial charge in [-0.25, -0.2) is 9.97 Å². The molecule has 0 aliphatic carbocycles. The summed E-state index contributed by atoms with van der Waals surface area (Å²) in [5.74, 6) is 1.61. The van der Waals surface area contributed by atoms with Crippen molar-refractivity contribution >= 4 is 22.5 Å². The van der Waals surface area contributed by atoms with Gasteiger partial charge in [-0.2, -0.15) is 0 Å². The van der Waals surface area contributed by atoms with Crippen molar-refractivity contribution in [3.8, 4) is 0 Å². The molecule has 4 nitrogen and oxygen atoms in total. The molecule has 0 fully saturated rings. The topological polar surface area (TPSA) is 53.6 Å². The maximum Gasteiger partial charge on any atom is 0.143 e. The Labute approximate surface area is 118 Å². The maximum absolute atomic E-state index is 4.54. The number of hydrogen-bond acceptors (Lipinski definition) is 3. The standard InChI is InChI=1S/C16H18N4/c1-9-6-5-7-14(11(9)3)20-16-13-8-10(2)17-15(13)18-12(4)19-16/h5-8H,1-4H3,(H2,17,18,19,20). The number of fused-ring (bicyclic) bond motifs is 1. The van der Waals surface area contributed by atoms with Crippen molar-refractivity contribution < 1.29 is 0 Å². The van der Waals surface area contributed by atoms with Crippen LogP contribution in [0.25, 0.3) is 11.0 Å². The second kappa shape index (κ2) is 4.63. The second-order valence-corrected chi connectivity index (χ2v) is 5.21. The van der Waals surface area contributed by atoms with Gasteiger partial charge >= 0.3 is 0 Å². The van der Waals surface area contributed by atoms with Crippen molar-refractivity contribution in [1.82, 2.24) is 15.0 Å². The van der Waals surface area contributed by atoms with Crippen LogP contribution in [-0.4, -0.2) is 15.0 Å². The third-order valence-corrected chi connectivity index (χ3v) is 3.59. The normalized spacial score (nSPS) is 11.0. The van der Waals surface area contributed by atoms with Crippen molar-refractivity contribution in [3.63, 3.8) is 0 Å². The lowest BCUT2D eigenvalue weighted by molar-refractivity contribution is 1.08. The summed E-state index contributed by atoms with van der Waals surface area (Å²) in [4.78, 5) is 12.2. The molecule has 0 unspecified atom stereocenters. The van der Waals surface area contributed by atoms with Gasteiger partial charge in [-0.15, -0.1) is 0 Å². The van der Waals surface area contributed by atoms with E-state index in [-0.39, 0.29) is 0 Å². The van der Waals surface area contributed by atoms with Gasteiger partial charge in [0.05, 0.1) is 5.39 Å². The van der Waals surface area contributed by atoms with Gasteiger partial charge in [0, 0.05) is 11.4 Å². The average molecular weight is 266 g/mol. The summed E-state index contributed by atoms with van der Waals surface area (Å²) in [7, 11) is 0. The third kappa shape index (κ3) is 2.13. The summed E-state index contributed by atoms with van der Waals surface area (Å²) in [6.45, 7) is 8.16. The zero-order valence-corrected chi connectivity index (χ0v) is 12.2. The number of aryl methyl sites for hydroxylation is 3. The number of anilines is 2. The highest BCUT2D eigenvalue weighted by atomic mass is 15.1. The molecule has 1 aromatic carbocycles. The molecule has 0 spiro atoms. The molecule has 0 saturated carbocycles. The van der Waals surface area contributed by atoms with Crippen molar-refractivity contribution in [2.24, 2.45) is 0 Å². The molecule has 20 heavy (non-hydrogen) atoms. The fourth-order valence-corrected chi connectivity index (χ4v) is 2.36. The first-order valence-electron chi connectivity index (χ1n) is 6.72. The molecule has 0 radical (unpaired) electrons. The molecule has 0 atom stereocenters. The summed E-state index contributed by atoms with van der Waals surface area (Å²) in [6.07, 6.45) is 0. The van der Waals surface area contributed by atoms with Gasteiger partial charge in [0.2, 0.25) is 0 Å². The van der Waals surface area contributed by atoms with Crippen molar-refractivity contribution in [2.75, 3.05) is 5.32 Å². The van der Waals surface area contributed by atoms with E-state index in [2.05, 4.69) is 58.4 Å². The highest BCUT2D eigenvalue weighted by Crippen LogP contribution is 2.27. The summed E-state index contributed by atoms with van der Waals surface area (Å²) < 4.78 is 0. The van der Waals surface area contributed by atoms with Gasteiger partial charge in [-0.3, -0.25) is 0 Å². The van der Waals surface area contributed by atoms with E-state index in [0.717, 1.165) is 34.1 Å². The number of hydrogen-bond donors (Lipinski definition) is 2. The van der Waals surface area contributed by atoms with E-state index in [0.29, 0.717) is 0 Å². The first-order chi connectivity index (χ1) is 9.54. The van der Waals surface area contributed by atoms with Gasteiger partial charge in [0.15, 0.2) is 0 Å². The zero-order valence-electron chi connectivity index (χ0n) is 12.2. The zero-order chi connectivity index (χ0) is 14.3. The summed E-state index contributed by atoms with van der Waals surface area (Å²) in [5, 5.41) is 4.46. The van der Waals surface area contributed by atoms with E-state index >= 15 is 0 Å². The molecule has 2 heterocycles. The monoisotopic (exact) mass is 266 g/mol. The summed E-state index contributed by atoms with van der Waals surface area (Å²) in [6, 6.07) is 8.31. The predicted molar refractivity (Wildman–Crippen MR) is 82.6 cm³/mol. The van der Waals surface area contributed by atoms with Crippen molar-refractivity contribution in [2.45, 2.75) is 27.7 Å². The van der Waals surface area contributed by atoms with Gasteiger partial charge in [-0.1, -0.05) is 12.1 Å². The molecule has 0 amide bonds. The van der Waals surface area contributed by atoms with Gasteiger partial charge in [-0.05, 0) is 51.0 Å². The van der Waals surface area contributed by atoms with Crippen LogP contribution in [0.3, 0.4) is 0 Å². The minimum atomic E-state index is 0.757. The Morgan fingerprint density at radius 3 is 2.65 bits per heavy atom. The second-order valence-electron chi connectivity index (χ2n) is 5.21. The van der Waals surface area contributed by atoms with Crippen LogP contribution in [0.2, 0.25) is 0 Å². The average Bonchev–Trinajstić information content (AvgIpc) is 2.75. The van der Waals surface area contributed by atoms with E-state index < -0.39 is 0 Å². The minimum Gasteiger partial charge on any atom is -0.343 e. The van der Waals surface area contributed by atoms with Gasteiger partial charge in [0.1, 0.15) is 17.3 Å². The van der Waals surface area contributed by atoms with Crippen LogP contribution in [0, 0.1) is 27.7 Å². The molecule has 0 aliphatic rings. The first-order valence-corrected chi connectivity index (χ1v) is 6.72. The molecule has 0 bridgehead atoms. The van der Waals surface area contributed by atoms with Crippen LogP contribution >= 0.6 is 0 Å². The third-order valence-electron chi connectivity index (χ3n) is 3.59. The molecular formula is C16H18N4. The smallest absolute Gasteiger partial charge is 0.143 e. The molecule has 0 aliphatic heterocycles. The number of aromatic amines is 1. The summed E-state index contributed by atoms with van der Waals surface area (Å²) in [5.41, 5.74) is 5.56. The Morgan fingerprint density at radius 1 is 1.05 bits per heavy atom. The van der Waals surface area contributed by atoms with Crippen LogP contribution in [0.1, 0.15) is 22.6 Å². The van der Waals surface area contributed by atoms with Crippen molar-refractivity contribution in [3.05, 3.63) is 46.9 Å². The maximum atomic E-state index is 4.54. The highest BCUT2D eigenvalue weighted by Gasteiger charge is 2.10. The number of rotatable bonds is 2. The number of benzene rings is 1. The molecule has 3 rings (SSSR count). The number of aromatic nitrogens is 3. The fourth-order valence-electron chi connectivity index (χ4n) is 2.36. The summed E-state index contributed by atoms with van der Waals surface area (Å²) >= 11 is 0. The van der Waals surface area contributed by atoms with Crippen LogP contribution in [0.15, 0.2) is 24.3 Å².